The third-order valence-electron chi connectivity index (χ3n) is 4.30. The summed E-state index contributed by atoms with van der Waals surface area (Å²) in [6.07, 6.45) is 1.47. The van der Waals surface area contributed by atoms with Gasteiger partial charge in [-0.25, -0.2) is 8.42 Å². The number of carbonyl (C=O) groups is 1. The molecule has 1 fully saturated rings. The second kappa shape index (κ2) is 10.4. The highest BCUT2D eigenvalue weighted by Crippen LogP contribution is 2.19. The Hall–Kier alpha value is -0.820. The van der Waals surface area contributed by atoms with E-state index in [1.807, 2.05) is 6.92 Å². The smallest absolute Gasteiger partial charge is 0.309 e. The lowest BCUT2D eigenvalue weighted by atomic mass is 9.97. The maximum atomic E-state index is 12.2. The van der Waals surface area contributed by atoms with Gasteiger partial charge in [0.15, 0.2) is 9.84 Å². The summed E-state index contributed by atoms with van der Waals surface area (Å²) in [5.41, 5.74) is 1.00. The first-order valence-electron chi connectivity index (χ1n) is 8.17. The van der Waals surface area contributed by atoms with E-state index in [2.05, 4.69) is 4.90 Å². The molecule has 0 unspecified atom stereocenters. The van der Waals surface area contributed by atoms with Crippen LogP contribution in [0, 0.1) is 12.8 Å². The molecule has 142 valence electrons. The topological polar surface area (TPSA) is 63.7 Å². The average Bonchev–Trinajstić information content (AvgIpc) is 2.56. The Morgan fingerprint density at radius 2 is 1.84 bits per heavy atom. The quantitative estimate of drug-likeness (QED) is 0.511. The Balaban J connectivity index is 0.00000312. The summed E-state index contributed by atoms with van der Waals surface area (Å²) in [6.45, 7) is 4.29. The van der Waals surface area contributed by atoms with Crippen molar-refractivity contribution in [1.29, 1.82) is 0 Å². The van der Waals surface area contributed by atoms with Gasteiger partial charge >= 0.3 is 5.97 Å². The molecule has 2 rings (SSSR count). The number of piperidine rings is 1. The Labute approximate surface area is 161 Å². The van der Waals surface area contributed by atoms with Crippen molar-refractivity contribution in [2.24, 2.45) is 5.92 Å². The molecule has 1 aliphatic rings. The average molecular weight is 410 g/mol. The van der Waals surface area contributed by atoms with E-state index in [1.165, 1.54) is 0 Å². The molecule has 0 aromatic heterocycles. The first-order chi connectivity index (χ1) is 11.4. The van der Waals surface area contributed by atoms with E-state index in [1.54, 1.807) is 24.3 Å². The van der Waals surface area contributed by atoms with Crippen LogP contribution in [0.15, 0.2) is 29.2 Å². The van der Waals surface area contributed by atoms with Crippen molar-refractivity contribution in [2.45, 2.75) is 24.7 Å². The van der Waals surface area contributed by atoms with Crippen molar-refractivity contribution in [1.82, 2.24) is 4.90 Å². The summed E-state index contributed by atoms with van der Waals surface area (Å²) >= 11 is 5.71. The highest BCUT2D eigenvalue weighted by Gasteiger charge is 2.26. The monoisotopic (exact) mass is 409 g/mol. The van der Waals surface area contributed by atoms with Crippen LogP contribution in [-0.2, 0) is 19.4 Å². The van der Waals surface area contributed by atoms with Crippen LogP contribution in [0.25, 0.3) is 0 Å². The fourth-order valence-corrected chi connectivity index (χ4v) is 4.07. The van der Waals surface area contributed by atoms with Crippen molar-refractivity contribution < 1.29 is 17.9 Å². The number of hydrogen-bond donors (Lipinski definition) is 0. The summed E-state index contributed by atoms with van der Waals surface area (Å²) in [5, 5.41) is 0. The highest BCUT2D eigenvalue weighted by molar-refractivity contribution is 7.91. The first-order valence-corrected chi connectivity index (χ1v) is 10.4. The molecular formula is C17H25Cl2NO4S. The number of ether oxygens (including phenoxy) is 1. The van der Waals surface area contributed by atoms with Crippen LogP contribution in [0.4, 0.5) is 0 Å². The Kier molecular flexibility index (Phi) is 9.21. The third kappa shape index (κ3) is 6.77. The molecule has 25 heavy (non-hydrogen) atoms. The van der Waals surface area contributed by atoms with Crippen LogP contribution in [0.1, 0.15) is 18.4 Å². The minimum absolute atomic E-state index is 0. The van der Waals surface area contributed by atoms with Gasteiger partial charge in [0.05, 0.1) is 16.6 Å². The van der Waals surface area contributed by atoms with Crippen LogP contribution in [0.5, 0.6) is 0 Å². The molecule has 0 saturated carbocycles. The predicted octanol–water partition coefficient (Wildman–Crippen LogP) is 2.68. The highest BCUT2D eigenvalue weighted by atomic mass is 35.5. The van der Waals surface area contributed by atoms with Crippen molar-refractivity contribution in [3.63, 3.8) is 0 Å². The minimum Gasteiger partial charge on any atom is -0.464 e. The van der Waals surface area contributed by atoms with Crippen LogP contribution < -0.4 is 0 Å². The fourth-order valence-electron chi connectivity index (χ4n) is 2.75. The molecule has 5 nitrogen and oxygen atoms in total. The molecule has 0 bridgehead atoms. The lowest BCUT2D eigenvalue weighted by molar-refractivity contribution is -0.149. The van der Waals surface area contributed by atoms with Gasteiger partial charge in [0, 0.05) is 12.4 Å². The normalized spacial score (nSPS) is 16.2. The molecule has 0 radical (unpaired) electrons. The number of aryl methyl sites for hydroxylation is 1. The van der Waals surface area contributed by atoms with Gasteiger partial charge < -0.3 is 9.64 Å². The number of hydrogen-bond acceptors (Lipinski definition) is 5. The number of likely N-dealkylation sites (tertiary alicyclic amines) is 1. The van der Waals surface area contributed by atoms with Crippen molar-refractivity contribution >= 4 is 39.8 Å². The van der Waals surface area contributed by atoms with E-state index >= 15 is 0 Å². The molecular weight excluding hydrogens is 385 g/mol. The van der Waals surface area contributed by atoms with Gasteiger partial charge in [-0.2, -0.15) is 0 Å². The zero-order valence-electron chi connectivity index (χ0n) is 14.3. The summed E-state index contributed by atoms with van der Waals surface area (Å²) in [4.78, 5) is 14.6. The maximum Gasteiger partial charge on any atom is 0.309 e. The SMILES string of the molecule is Cc1ccc(S(=O)(=O)CCOC(=O)C2CCN(CCCl)CC2)cc1.Cl. The third-order valence-corrected chi connectivity index (χ3v) is 6.16. The fraction of sp³-hybridized carbons (Fsp3) is 0.588. The standard InChI is InChI=1S/C17H24ClNO4S.ClH/c1-14-2-4-16(5-3-14)24(21,22)13-12-23-17(20)15-6-9-19(10-7-15)11-8-18;/h2-5,15H,6-13H2,1H3;1H. The molecule has 1 aliphatic heterocycles. The number of carbonyl (C=O) groups excluding carboxylic acids is 1. The molecule has 0 atom stereocenters. The summed E-state index contributed by atoms with van der Waals surface area (Å²) < 4.78 is 29.6. The van der Waals surface area contributed by atoms with E-state index in [0.29, 0.717) is 5.88 Å². The lowest BCUT2D eigenvalue weighted by Crippen LogP contribution is -2.38. The largest absolute Gasteiger partial charge is 0.464 e. The number of rotatable bonds is 7. The van der Waals surface area contributed by atoms with Crippen molar-refractivity contribution in [2.75, 3.05) is 37.9 Å². The van der Waals surface area contributed by atoms with E-state index in [0.717, 1.165) is 38.0 Å². The van der Waals surface area contributed by atoms with Gasteiger partial charge in [-0.1, -0.05) is 17.7 Å². The van der Waals surface area contributed by atoms with Gasteiger partial charge in [0.2, 0.25) is 0 Å². The van der Waals surface area contributed by atoms with E-state index < -0.39 is 9.84 Å². The van der Waals surface area contributed by atoms with E-state index in [4.69, 9.17) is 16.3 Å². The number of halogens is 2. The zero-order chi connectivity index (χ0) is 17.6. The summed E-state index contributed by atoms with van der Waals surface area (Å²) in [7, 11) is -3.42. The maximum absolute atomic E-state index is 12.2. The first kappa shape index (κ1) is 22.2. The molecule has 0 amide bonds. The van der Waals surface area contributed by atoms with E-state index in [-0.39, 0.29) is 41.5 Å². The number of alkyl halides is 1. The molecule has 1 aromatic rings. The van der Waals surface area contributed by atoms with Gasteiger partial charge in [-0.05, 0) is 45.0 Å². The van der Waals surface area contributed by atoms with Gasteiger partial charge in [-0.3, -0.25) is 4.79 Å². The van der Waals surface area contributed by atoms with Gasteiger partial charge in [0.25, 0.3) is 0 Å². The number of esters is 1. The second-order valence-corrected chi connectivity index (χ2v) is 8.59. The number of nitrogens with zero attached hydrogens (tertiary/aromatic N) is 1. The molecule has 0 spiro atoms. The number of sulfone groups is 1. The van der Waals surface area contributed by atoms with Gasteiger partial charge in [0.1, 0.15) is 6.61 Å². The molecule has 1 aromatic carbocycles. The minimum atomic E-state index is -3.42. The van der Waals surface area contributed by atoms with Crippen LogP contribution >= 0.6 is 24.0 Å². The van der Waals surface area contributed by atoms with E-state index in [9.17, 15) is 13.2 Å². The predicted molar refractivity (Wildman–Crippen MR) is 101 cm³/mol. The Bertz CT molecular complexity index is 641. The molecule has 0 N–H and O–H groups in total. The molecule has 1 heterocycles. The van der Waals surface area contributed by atoms with Gasteiger partial charge in [-0.15, -0.1) is 24.0 Å². The zero-order valence-corrected chi connectivity index (χ0v) is 16.7. The summed E-state index contributed by atoms with van der Waals surface area (Å²) in [5.74, 6) is -0.0305. The van der Waals surface area contributed by atoms with Crippen LogP contribution in [-0.4, -0.2) is 57.2 Å². The molecule has 1 saturated heterocycles. The van der Waals surface area contributed by atoms with Crippen LogP contribution in [0.3, 0.4) is 0 Å². The number of benzene rings is 1. The lowest BCUT2D eigenvalue weighted by Gasteiger charge is -2.30. The van der Waals surface area contributed by atoms with Crippen LogP contribution in [0.2, 0.25) is 0 Å². The van der Waals surface area contributed by atoms with Crippen molar-refractivity contribution in [3.05, 3.63) is 29.8 Å². The Morgan fingerprint density at radius 3 is 2.40 bits per heavy atom. The molecule has 0 aliphatic carbocycles. The van der Waals surface area contributed by atoms with Crippen molar-refractivity contribution in [3.8, 4) is 0 Å². The molecule has 8 heteroatoms. The Morgan fingerprint density at radius 1 is 1.24 bits per heavy atom. The summed E-state index contributed by atoms with van der Waals surface area (Å²) in [6, 6.07) is 6.68. The second-order valence-electron chi connectivity index (χ2n) is 6.10.